The fourth-order valence-corrected chi connectivity index (χ4v) is 4.26. The molecule has 0 aliphatic rings. The van der Waals surface area contributed by atoms with Gasteiger partial charge in [0, 0.05) is 26.2 Å². The first kappa shape index (κ1) is 18.5. The Morgan fingerprint density at radius 2 is 2.00 bits per heavy atom. The number of benzene rings is 1. The lowest BCUT2D eigenvalue weighted by atomic mass is 10.0. The number of aromatic nitrogens is 1. The fraction of sp³-hybridized carbons (Fsp3) is 0.368. The molecule has 0 radical (unpaired) electrons. The highest BCUT2D eigenvalue weighted by Crippen LogP contribution is 2.31. The summed E-state index contributed by atoms with van der Waals surface area (Å²) >= 11 is 2.38. The Kier molecular flexibility index (Phi) is 7.16. The number of para-hydroxylation sites is 1. The second-order valence-corrected chi connectivity index (χ2v) is 8.28. The Bertz CT molecular complexity index is 689. The molecule has 2 nitrogen and oxygen atoms in total. The number of anilines is 1. The molecule has 1 heterocycles. The highest BCUT2D eigenvalue weighted by Gasteiger charge is 2.11. The van der Waals surface area contributed by atoms with E-state index in [0.717, 1.165) is 19.8 Å². The van der Waals surface area contributed by atoms with E-state index in [1.54, 1.807) is 0 Å². The third-order valence-electron chi connectivity index (χ3n) is 4.22. The van der Waals surface area contributed by atoms with Crippen molar-refractivity contribution < 1.29 is 0 Å². The van der Waals surface area contributed by atoms with Gasteiger partial charge in [-0.25, -0.2) is 0 Å². The highest BCUT2D eigenvalue weighted by atomic mass is 127. The zero-order valence-corrected chi connectivity index (χ0v) is 17.3. The van der Waals surface area contributed by atoms with Crippen LogP contribution < -0.4 is 5.73 Å². The smallest absolute Gasteiger partial charge is 0.0425 e. The Morgan fingerprint density at radius 1 is 1.26 bits per heavy atom. The Labute approximate surface area is 155 Å². The molecule has 0 aliphatic heterocycles. The molecular formula is C19H26IN2P. The molecule has 1 aromatic carbocycles. The van der Waals surface area contributed by atoms with Crippen LogP contribution in [-0.2, 0) is 6.42 Å². The number of aryl methyl sites for hydroxylation is 1. The van der Waals surface area contributed by atoms with Crippen molar-refractivity contribution in [2.24, 2.45) is 0 Å². The van der Waals surface area contributed by atoms with Gasteiger partial charge in [0.2, 0.25) is 0 Å². The molecule has 124 valence electrons. The van der Waals surface area contributed by atoms with Crippen LogP contribution in [0.3, 0.4) is 0 Å². The molecule has 0 saturated heterocycles. The Hall–Kier alpha value is -0.800. The maximum Gasteiger partial charge on any atom is 0.0425 e. The molecule has 0 aliphatic carbocycles. The molecule has 4 heteroatoms. The lowest BCUT2D eigenvalue weighted by Gasteiger charge is -2.05. The van der Waals surface area contributed by atoms with Crippen LogP contribution in [0.15, 0.2) is 24.3 Å². The summed E-state index contributed by atoms with van der Waals surface area (Å²) in [7, 11) is 1.07. The first-order chi connectivity index (χ1) is 11.0. The molecule has 1 atom stereocenters. The van der Waals surface area contributed by atoms with Crippen molar-refractivity contribution in [2.75, 3.05) is 18.6 Å². The van der Waals surface area contributed by atoms with E-state index in [4.69, 9.17) is 5.73 Å². The van der Waals surface area contributed by atoms with Gasteiger partial charge in [-0.1, -0.05) is 18.2 Å². The molecule has 0 spiro atoms. The van der Waals surface area contributed by atoms with E-state index in [2.05, 4.69) is 60.2 Å². The summed E-state index contributed by atoms with van der Waals surface area (Å²) < 4.78 is 1.17. The SMILES string of the molecule is CPCCCCc1c(C)[nH]c(/C=C(/I)c2ccccc2N)c1C. The summed E-state index contributed by atoms with van der Waals surface area (Å²) in [5.41, 5.74) is 13.4. The average molecular weight is 440 g/mol. The Morgan fingerprint density at radius 3 is 2.70 bits per heavy atom. The van der Waals surface area contributed by atoms with E-state index in [-0.39, 0.29) is 0 Å². The van der Waals surface area contributed by atoms with Gasteiger partial charge >= 0.3 is 0 Å². The third-order valence-corrected chi connectivity index (χ3v) is 5.97. The topological polar surface area (TPSA) is 41.8 Å². The quantitative estimate of drug-likeness (QED) is 0.244. The highest BCUT2D eigenvalue weighted by molar-refractivity contribution is 14.1. The predicted molar refractivity (Wildman–Crippen MR) is 115 cm³/mol. The van der Waals surface area contributed by atoms with Gasteiger partial charge in [0.1, 0.15) is 0 Å². The molecular weight excluding hydrogens is 414 g/mol. The zero-order valence-electron chi connectivity index (χ0n) is 14.2. The van der Waals surface area contributed by atoms with Crippen LogP contribution in [-0.4, -0.2) is 17.8 Å². The molecule has 2 rings (SSSR count). The lowest BCUT2D eigenvalue weighted by molar-refractivity contribution is 0.794. The van der Waals surface area contributed by atoms with Gasteiger partial charge in [-0.3, -0.25) is 0 Å². The van der Waals surface area contributed by atoms with Crippen LogP contribution in [0.5, 0.6) is 0 Å². The van der Waals surface area contributed by atoms with E-state index in [9.17, 15) is 0 Å². The average Bonchev–Trinajstić information content (AvgIpc) is 2.79. The number of hydrogen-bond acceptors (Lipinski definition) is 1. The van der Waals surface area contributed by atoms with Crippen LogP contribution in [0.2, 0.25) is 0 Å². The molecule has 2 aromatic rings. The number of unbranched alkanes of at least 4 members (excludes halogenated alkanes) is 1. The largest absolute Gasteiger partial charge is 0.398 e. The van der Waals surface area contributed by atoms with E-state index in [1.807, 2.05) is 18.2 Å². The minimum Gasteiger partial charge on any atom is -0.398 e. The van der Waals surface area contributed by atoms with Crippen LogP contribution in [0.25, 0.3) is 9.66 Å². The van der Waals surface area contributed by atoms with Crippen molar-refractivity contribution in [1.82, 2.24) is 4.98 Å². The van der Waals surface area contributed by atoms with Gasteiger partial charge in [-0.05, 0) is 91.8 Å². The van der Waals surface area contributed by atoms with Crippen molar-refractivity contribution >= 4 is 46.5 Å². The molecule has 0 bridgehead atoms. The maximum absolute atomic E-state index is 6.09. The fourth-order valence-electron chi connectivity index (χ4n) is 2.86. The summed E-state index contributed by atoms with van der Waals surface area (Å²) in [5.74, 6) is 0. The van der Waals surface area contributed by atoms with Crippen LogP contribution in [0.1, 0.15) is 40.9 Å². The molecule has 1 aromatic heterocycles. The normalized spacial score (nSPS) is 12.4. The second kappa shape index (κ2) is 8.89. The number of nitrogens with one attached hydrogen (secondary N) is 1. The van der Waals surface area contributed by atoms with Gasteiger partial charge in [0.15, 0.2) is 0 Å². The van der Waals surface area contributed by atoms with E-state index in [0.29, 0.717) is 0 Å². The van der Waals surface area contributed by atoms with E-state index >= 15 is 0 Å². The van der Waals surface area contributed by atoms with Gasteiger partial charge < -0.3 is 10.7 Å². The summed E-state index contributed by atoms with van der Waals surface area (Å²) in [6.45, 7) is 6.70. The molecule has 0 saturated carbocycles. The second-order valence-electron chi connectivity index (χ2n) is 5.91. The van der Waals surface area contributed by atoms with E-state index in [1.165, 1.54) is 51.5 Å². The minimum absolute atomic E-state index is 0.828. The summed E-state index contributed by atoms with van der Waals surface area (Å²) in [4.78, 5) is 3.55. The van der Waals surface area contributed by atoms with Crippen LogP contribution >= 0.6 is 31.2 Å². The first-order valence-corrected chi connectivity index (χ1v) is 10.9. The number of nitrogens with two attached hydrogens (primary N) is 1. The lowest BCUT2D eigenvalue weighted by Crippen LogP contribution is -1.91. The van der Waals surface area contributed by atoms with Gasteiger partial charge in [-0.15, -0.1) is 8.58 Å². The van der Waals surface area contributed by atoms with Crippen LogP contribution in [0, 0.1) is 13.8 Å². The maximum atomic E-state index is 6.09. The van der Waals surface area contributed by atoms with Gasteiger partial charge in [0.25, 0.3) is 0 Å². The molecule has 23 heavy (non-hydrogen) atoms. The van der Waals surface area contributed by atoms with Gasteiger partial charge in [-0.2, -0.15) is 0 Å². The standard InChI is InChI=1S/C19H26IN2P/c1-13-15(8-6-7-11-23-3)14(2)22-19(13)12-17(20)16-9-4-5-10-18(16)21/h4-5,9-10,12,22-23H,6-8,11,21H2,1-3H3/b17-12+. The number of rotatable bonds is 7. The van der Waals surface area contributed by atoms with Crippen LogP contribution in [0.4, 0.5) is 5.69 Å². The third kappa shape index (κ3) is 4.84. The van der Waals surface area contributed by atoms with Crippen molar-refractivity contribution in [3.8, 4) is 0 Å². The number of aromatic amines is 1. The number of nitrogen functional groups attached to an aromatic ring is 1. The summed E-state index contributed by atoms with van der Waals surface area (Å²) in [6.07, 6.45) is 7.37. The minimum atomic E-state index is 0.828. The molecule has 3 N–H and O–H groups in total. The Balaban J connectivity index is 2.21. The summed E-state index contributed by atoms with van der Waals surface area (Å²) in [5, 5.41) is 0. The number of halogens is 1. The first-order valence-electron chi connectivity index (χ1n) is 8.09. The molecule has 1 unspecified atom stereocenters. The zero-order chi connectivity index (χ0) is 16.8. The monoisotopic (exact) mass is 440 g/mol. The van der Waals surface area contributed by atoms with Crippen molar-refractivity contribution in [1.29, 1.82) is 0 Å². The predicted octanol–water partition coefficient (Wildman–Crippen LogP) is 5.78. The van der Waals surface area contributed by atoms with Crippen molar-refractivity contribution in [3.63, 3.8) is 0 Å². The summed E-state index contributed by atoms with van der Waals surface area (Å²) in [6, 6.07) is 8.03. The molecule has 0 fully saturated rings. The van der Waals surface area contributed by atoms with E-state index < -0.39 is 0 Å². The van der Waals surface area contributed by atoms with Gasteiger partial charge in [0.05, 0.1) is 0 Å². The van der Waals surface area contributed by atoms with Crippen molar-refractivity contribution in [3.05, 3.63) is 52.3 Å². The molecule has 0 amide bonds. The van der Waals surface area contributed by atoms with Crippen molar-refractivity contribution in [2.45, 2.75) is 33.1 Å². The number of H-pyrrole nitrogens is 1. The number of hydrogen-bond donors (Lipinski definition) is 2.